The maximum absolute atomic E-state index is 12.8. The van der Waals surface area contributed by atoms with E-state index in [-0.39, 0.29) is 11.0 Å². The van der Waals surface area contributed by atoms with Crippen LogP contribution < -0.4 is 0 Å². The predicted octanol–water partition coefficient (Wildman–Crippen LogP) is 4.70. The number of Topliss-reactive ketones (excluding diaryl/α,β-unsaturated/α-hetero) is 1. The van der Waals surface area contributed by atoms with Gasteiger partial charge < -0.3 is 4.57 Å². The second-order valence-electron chi connectivity index (χ2n) is 6.33. The highest BCUT2D eigenvalue weighted by molar-refractivity contribution is 7.99. The number of ketones is 1. The molecule has 0 spiro atoms. The van der Waals surface area contributed by atoms with E-state index < -0.39 is 0 Å². The topological polar surface area (TPSA) is 60.7 Å². The van der Waals surface area contributed by atoms with Gasteiger partial charge in [-0.05, 0) is 30.2 Å². The third-order valence-corrected chi connectivity index (χ3v) is 6.40. The van der Waals surface area contributed by atoms with Gasteiger partial charge in [0.25, 0.3) is 0 Å². The number of thioether (sulfide) groups is 1. The van der Waals surface area contributed by atoms with Crippen LogP contribution in [0.4, 0.5) is 0 Å². The summed E-state index contributed by atoms with van der Waals surface area (Å²) < 4.78 is 2.95. The van der Waals surface area contributed by atoms with Gasteiger partial charge in [-0.15, -0.1) is 21.5 Å². The van der Waals surface area contributed by atoms with Crippen molar-refractivity contribution in [2.75, 3.05) is 0 Å². The van der Waals surface area contributed by atoms with Crippen LogP contribution >= 0.6 is 23.1 Å². The Labute approximate surface area is 165 Å². The summed E-state index contributed by atoms with van der Waals surface area (Å²) in [5.41, 5.74) is 5.46. The van der Waals surface area contributed by atoms with Crippen LogP contribution in [-0.4, -0.2) is 25.5 Å². The lowest BCUT2D eigenvalue weighted by Gasteiger charge is -2.12. The number of carbonyl (C=O) groups is 1. The minimum atomic E-state index is 0.0947. The number of aryl methyl sites for hydroxylation is 1. The molecule has 136 valence electrons. The van der Waals surface area contributed by atoms with Crippen molar-refractivity contribution >= 4 is 39.1 Å². The van der Waals surface area contributed by atoms with Gasteiger partial charge in [0.05, 0.1) is 15.7 Å². The lowest BCUT2D eigenvalue weighted by molar-refractivity contribution is 0.0994. The zero-order valence-electron chi connectivity index (χ0n) is 15.0. The maximum Gasteiger partial charge on any atom is 0.191 e. The van der Waals surface area contributed by atoms with E-state index in [1.54, 1.807) is 34.9 Å². The summed E-state index contributed by atoms with van der Waals surface area (Å²) in [7, 11) is 1.93. The molecule has 2 heterocycles. The molecular weight excluding hydrogens is 376 g/mol. The minimum Gasteiger partial charge on any atom is -0.312 e. The monoisotopic (exact) mass is 394 g/mol. The number of benzene rings is 2. The number of para-hydroxylation sites is 1. The van der Waals surface area contributed by atoms with E-state index in [4.69, 9.17) is 0 Å². The fourth-order valence-electron chi connectivity index (χ4n) is 2.95. The van der Waals surface area contributed by atoms with Gasteiger partial charge in [-0.1, -0.05) is 42.1 Å². The molecule has 27 heavy (non-hydrogen) atoms. The smallest absolute Gasteiger partial charge is 0.191 e. The summed E-state index contributed by atoms with van der Waals surface area (Å²) in [4.78, 5) is 17.2. The number of carbonyl (C=O) groups excluding carboxylic acids is 1. The van der Waals surface area contributed by atoms with Crippen molar-refractivity contribution in [1.82, 2.24) is 19.7 Å². The molecule has 2 aromatic heterocycles. The summed E-state index contributed by atoms with van der Waals surface area (Å²) in [6.45, 7) is 2.14. The number of thiazole rings is 1. The van der Waals surface area contributed by atoms with Crippen LogP contribution in [0, 0.1) is 0 Å². The number of rotatable bonds is 6. The first-order chi connectivity index (χ1) is 13.1. The molecule has 5 nitrogen and oxygen atoms in total. The highest BCUT2D eigenvalue weighted by Crippen LogP contribution is 2.33. The predicted molar refractivity (Wildman–Crippen MR) is 109 cm³/mol. The van der Waals surface area contributed by atoms with Crippen molar-refractivity contribution in [3.63, 3.8) is 0 Å². The van der Waals surface area contributed by atoms with Crippen molar-refractivity contribution in [3.8, 4) is 0 Å². The summed E-state index contributed by atoms with van der Waals surface area (Å²) in [6, 6.07) is 14.0. The fourth-order valence-corrected chi connectivity index (χ4v) is 4.56. The SMILES string of the molecule is C[C@H](Sc1nncn1C)c1cccc(CC(=O)c2cccc3scnc23)c1. The second-order valence-corrected chi connectivity index (χ2v) is 8.53. The van der Waals surface area contributed by atoms with Gasteiger partial charge in [-0.2, -0.15) is 0 Å². The van der Waals surface area contributed by atoms with Crippen LogP contribution in [0.5, 0.6) is 0 Å². The maximum atomic E-state index is 12.8. The molecule has 0 saturated heterocycles. The Morgan fingerprint density at radius 3 is 2.93 bits per heavy atom. The van der Waals surface area contributed by atoms with Crippen LogP contribution in [0.1, 0.15) is 33.7 Å². The Hall–Kier alpha value is -2.51. The average molecular weight is 395 g/mol. The second kappa shape index (κ2) is 7.62. The van der Waals surface area contributed by atoms with Gasteiger partial charge in [0.2, 0.25) is 0 Å². The summed E-state index contributed by atoms with van der Waals surface area (Å²) in [5.74, 6) is 0.0947. The van der Waals surface area contributed by atoms with Crippen molar-refractivity contribution in [3.05, 3.63) is 71.0 Å². The van der Waals surface area contributed by atoms with Gasteiger partial charge >= 0.3 is 0 Å². The Bertz CT molecular complexity index is 1100. The summed E-state index contributed by atoms with van der Waals surface area (Å²) in [6.07, 6.45) is 2.06. The number of aromatic nitrogens is 4. The van der Waals surface area contributed by atoms with E-state index in [1.807, 2.05) is 41.9 Å². The van der Waals surface area contributed by atoms with E-state index in [9.17, 15) is 4.79 Å². The van der Waals surface area contributed by atoms with E-state index in [2.05, 4.69) is 34.2 Å². The molecule has 0 bridgehead atoms. The Morgan fingerprint density at radius 2 is 2.11 bits per heavy atom. The largest absolute Gasteiger partial charge is 0.312 e. The van der Waals surface area contributed by atoms with Crippen LogP contribution in [0.2, 0.25) is 0 Å². The average Bonchev–Trinajstić information content (AvgIpc) is 3.30. The minimum absolute atomic E-state index is 0.0947. The Morgan fingerprint density at radius 1 is 1.26 bits per heavy atom. The third kappa shape index (κ3) is 3.79. The molecule has 2 aromatic carbocycles. The van der Waals surface area contributed by atoms with Gasteiger partial charge in [0.1, 0.15) is 6.33 Å². The van der Waals surface area contributed by atoms with E-state index >= 15 is 0 Å². The molecule has 1 atom stereocenters. The molecule has 4 rings (SSSR count). The van der Waals surface area contributed by atoms with E-state index in [1.165, 1.54) is 5.56 Å². The van der Waals surface area contributed by atoms with Gasteiger partial charge in [-0.3, -0.25) is 4.79 Å². The van der Waals surface area contributed by atoms with Gasteiger partial charge in [0, 0.05) is 24.3 Å². The van der Waals surface area contributed by atoms with Crippen LogP contribution in [0.25, 0.3) is 10.2 Å². The quantitative estimate of drug-likeness (QED) is 0.350. The van der Waals surface area contributed by atoms with Crippen molar-refractivity contribution in [1.29, 1.82) is 0 Å². The molecule has 0 unspecified atom stereocenters. The number of fused-ring (bicyclic) bond motifs is 1. The Kier molecular flexibility index (Phi) is 5.05. The molecule has 7 heteroatoms. The highest BCUT2D eigenvalue weighted by atomic mass is 32.2. The van der Waals surface area contributed by atoms with Crippen molar-refractivity contribution < 1.29 is 4.79 Å². The third-order valence-electron chi connectivity index (χ3n) is 4.40. The zero-order chi connectivity index (χ0) is 18.8. The molecular formula is C20H18N4OS2. The summed E-state index contributed by atoms with van der Waals surface area (Å²) in [5, 5.41) is 9.14. The Balaban J connectivity index is 1.53. The normalized spacial score (nSPS) is 12.4. The molecule has 0 saturated carbocycles. The lowest BCUT2D eigenvalue weighted by atomic mass is 10.00. The number of hydrogen-bond acceptors (Lipinski definition) is 6. The molecule has 0 N–H and O–H groups in total. The zero-order valence-corrected chi connectivity index (χ0v) is 16.6. The molecule has 0 aliphatic heterocycles. The van der Waals surface area contributed by atoms with Crippen molar-refractivity contribution in [2.24, 2.45) is 7.05 Å². The van der Waals surface area contributed by atoms with Crippen LogP contribution in [0.15, 0.2) is 59.5 Å². The first kappa shape index (κ1) is 17.9. The standard InChI is InChI=1S/C20H18N4OS2/c1-13(27-20-23-22-11-24(20)2)15-6-3-5-14(9-15)10-17(25)16-7-4-8-18-19(16)21-12-26-18/h3-9,11-13H,10H2,1-2H3/t13-/m0/s1. The van der Waals surface area contributed by atoms with Crippen LogP contribution in [-0.2, 0) is 13.5 Å². The number of hydrogen-bond donors (Lipinski definition) is 0. The lowest BCUT2D eigenvalue weighted by Crippen LogP contribution is -2.05. The van der Waals surface area contributed by atoms with Gasteiger partial charge in [0.15, 0.2) is 10.9 Å². The molecule has 0 radical (unpaired) electrons. The molecule has 0 amide bonds. The van der Waals surface area contributed by atoms with Crippen LogP contribution in [0.3, 0.4) is 0 Å². The first-order valence-electron chi connectivity index (χ1n) is 8.56. The number of nitrogens with zero attached hydrogens (tertiary/aromatic N) is 4. The van der Waals surface area contributed by atoms with E-state index in [0.717, 1.165) is 20.9 Å². The molecule has 4 aromatic rings. The molecule has 0 aliphatic rings. The van der Waals surface area contributed by atoms with Gasteiger partial charge in [-0.25, -0.2) is 4.98 Å². The molecule has 0 aliphatic carbocycles. The van der Waals surface area contributed by atoms with E-state index in [0.29, 0.717) is 12.0 Å². The molecule has 0 fully saturated rings. The summed E-state index contributed by atoms with van der Waals surface area (Å²) >= 11 is 3.21. The first-order valence-corrected chi connectivity index (χ1v) is 10.3. The van der Waals surface area contributed by atoms with Crippen molar-refractivity contribution in [2.45, 2.75) is 23.8 Å². The fraction of sp³-hybridized carbons (Fsp3) is 0.200. The highest BCUT2D eigenvalue weighted by Gasteiger charge is 2.15.